The lowest BCUT2D eigenvalue weighted by Crippen LogP contribution is -2.48. The van der Waals surface area contributed by atoms with Crippen molar-refractivity contribution in [2.45, 2.75) is 13.0 Å². The van der Waals surface area contributed by atoms with Crippen molar-refractivity contribution in [3.05, 3.63) is 60.2 Å². The Bertz CT molecular complexity index is 864. The second-order valence-corrected chi connectivity index (χ2v) is 5.81. The van der Waals surface area contributed by atoms with E-state index in [0.29, 0.717) is 11.7 Å². The number of rotatable bonds is 5. The lowest BCUT2D eigenvalue weighted by molar-refractivity contribution is -0.122. The predicted molar refractivity (Wildman–Crippen MR) is 99.6 cm³/mol. The average Bonchev–Trinajstić information content (AvgIpc) is 3.04. The van der Waals surface area contributed by atoms with Crippen LogP contribution in [0.2, 0.25) is 0 Å². The number of hydrogen-bond donors (Lipinski definition) is 3. The van der Waals surface area contributed by atoms with E-state index in [2.05, 4.69) is 38.6 Å². The largest absolute Gasteiger partial charge is 0.361 e. The van der Waals surface area contributed by atoms with Gasteiger partial charge in [-0.1, -0.05) is 47.7 Å². The van der Waals surface area contributed by atoms with Gasteiger partial charge in [-0.25, -0.2) is 4.68 Å². The first-order valence-electron chi connectivity index (χ1n) is 7.87. The van der Waals surface area contributed by atoms with Crippen molar-refractivity contribution in [1.82, 2.24) is 31.2 Å². The smallest absolute Gasteiger partial charge is 0.260 e. The first-order valence-corrected chi connectivity index (χ1v) is 8.28. The van der Waals surface area contributed by atoms with E-state index in [1.807, 2.05) is 42.5 Å². The molecule has 8 heteroatoms. The molecule has 0 aliphatic carbocycles. The van der Waals surface area contributed by atoms with Crippen LogP contribution in [0.4, 0.5) is 0 Å². The second-order valence-electron chi connectivity index (χ2n) is 5.40. The summed E-state index contributed by atoms with van der Waals surface area (Å²) in [4.78, 5) is 12.0. The van der Waals surface area contributed by atoms with Crippen molar-refractivity contribution < 1.29 is 4.79 Å². The second kappa shape index (κ2) is 8.20. The number of hydrogen-bond acceptors (Lipinski definition) is 4. The van der Waals surface area contributed by atoms with Crippen LogP contribution in [0.1, 0.15) is 5.56 Å². The van der Waals surface area contributed by atoms with Crippen molar-refractivity contribution in [3.63, 3.8) is 0 Å². The van der Waals surface area contributed by atoms with Gasteiger partial charge in [-0.05, 0) is 36.3 Å². The molecule has 0 unspecified atom stereocenters. The number of carbonyl (C=O) groups excluding carboxylic acids is 1. The Kier molecular flexibility index (Phi) is 5.53. The number of hydrazine groups is 1. The lowest BCUT2D eigenvalue weighted by Gasteiger charge is -2.11. The van der Waals surface area contributed by atoms with Crippen LogP contribution in [0.25, 0.3) is 11.0 Å². The zero-order valence-corrected chi connectivity index (χ0v) is 14.3. The van der Waals surface area contributed by atoms with Gasteiger partial charge in [-0.2, -0.15) is 0 Å². The first kappa shape index (κ1) is 16.8. The zero-order valence-electron chi connectivity index (χ0n) is 13.5. The Hall–Kier alpha value is -3.00. The van der Waals surface area contributed by atoms with Gasteiger partial charge >= 0.3 is 0 Å². The Morgan fingerprint density at radius 2 is 1.80 bits per heavy atom. The van der Waals surface area contributed by atoms with Crippen molar-refractivity contribution in [2.24, 2.45) is 0 Å². The number of para-hydroxylation sites is 1. The summed E-state index contributed by atoms with van der Waals surface area (Å²) in [6, 6.07) is 17.6. The minimum absolute atomic E-state index is 0.0557. The van der Waals surface area contributed by atoms with Crippen LogP contribution in [0.15, 0.2) is 54.6 Å². The molecule has 0 spiro atoms. The van der Waals surface area contributed by atoms with Gasteiger partial charge in [-0.15, -0.1) is 5.10 Å². The van der Waals surface area contributed by atoms with E-state index in [1.54, 1.807) is 0 Å². The molecule has 1 heterocycles. The van der Waals surface area contributed by atoms with Crippen LogP contribution in [0.5, 0.6) is 0 Å². The highest BCUT2D eigenvalue weighted by atomic mass is 32.1. The number of thiocarbonyl (C=S) groups is 1. The molecule has 3 rings (SSSR count). The number of carbonyl (C=O) groups is 1. The standard InChI is InChI=1S/C17H18N6OS/c24-16(12-23-15-9-5-4-8-14(15)19-22-23)20-21-17(25)18-11-10-13-6-2-1-3-7-13/h1-9H,10-12H2,(H,20,24)(H2,18,21,25). The van der Waals surface area contributed by atoms with Gasteiger partial charge in [0.15, 0.2) is 5.11 Å². The maximum atomic E-state index is 12.0. The van der Waals surface area contributed by atoms with Crippen LogP contribution < -0.4 is 16.2 Å². The zero-order chi connectivity index (χ0) is 17.5. The molecule has 0 bridgehead atoms. The fourth-order valence-electron chi connectivity index (χ4n) is 2.35. The topological polar surface area (TPSA) is 83.9 Å². The van der Waals surface area contributed by atoms with Gasteiger partial charge in [0.2, 0.25) is 0 Å². The molecule has 0 saturated heterocycles. The highest BCUT2D eigenvalue weighted by Crippen LogP contribution is 2.08. The molecule has 128 valence electrons. The predicted octanol–water partition coefficient (Wildman–Crippen LogP) is 1.17. The Labute approximate surface area is 150 Å². The monoisotopic (exact) mass is 354 g/mol. The van der Waals surface area contributed by atoms with Gasteiger partial charge in [0.25, 0.3) is 5.91 Å². The van der Waals surface area contributed by atoms with Crippen LogP contribution >= 0.6 is 12.2 Å². The van der Waals surface area contributed by atoms with Gasteiger partial charge in [-0.3, -0.25) is 15.6 Å². The number of nitrogens with one attached hydrogen (secondary N) is 3. The minimum Gasteiger partial charge on any atom is -0.361 e. The Balaban J connectivity index is 1.40. The number of aromatic nitrogens is 3. The van der Waals surface area contributed by atoms with Gasteiger partial charge in [0.05, 0.1) is 5.52 Å². The van der Waals surface area contributed by atoms with E-state index < -0.39 is 0 Å². The summed E-state index contributed by atoms with van der Waals surface area (Å²) in [5, 5.41) is 11.4. The summed E-state index contributed by atoms with van der Waals surface area (Å²) in [5.74, 6) is -0.261. The number of fused-ring (bicyclic) bond motifs is 1. The molecule has 0 atom stereocenters. The SMILES string of the molecule is O=C(Cn1nnc2ccccc21)NNC(=S)NCCc1ccccc1. The summed E-state index contributed by atoms with van der Waals surface area (Å²) >= 11 is 5.14. The minimum atomic E-state index is -0.261. The summed E-state index contributed by atoms with van der Waals surface area (Å²) in [7, 11) is 0. The average molecular weight is 354 g/mol. The van der Waals surface area contributed by atoms with Gasteiger partial charge < -0.3 is 5.32 Å². The summed E-state index contributed by atoms with van der Waals surface area (Å²) in [6.45, 7) is 0.736. The highest BCUT2D eigenvalue weighted by Gasteiger charge is 2.08. The molecule has 2 aromatic carbocycles. The molecule has 1 amide bonds. The fraction of sp³-hybridized carbons (Fsp3) is 0.176. The molecular weight excluding hydrogens is 336 g/mol. The summed E-state index contributed by atoms with van der Waals surface area (Å²) < 4.78 is 1.54. The van der Waals surface area contributed by atoms with E-state index in [-0.39, 0.29) is 12.5 Å². The summed E-state index contributed by atoms with van der Waals surface area (Å²) in [5.41, 5.74) is 8.02. The van der Waals surface area contributed by atoms with Crippen molar-refractivity contribution >= 4 is 34.3 Å². The van der Waals surface area contributed by atoms with E-state index in [1.165, 1.54) is 10.2 Å². The Morgan fingerprint density at radius 3 is 2.64 bits per heavy atom. The van der Waals surface area contributed by atoms with E-state index in [0.717, 1.165) is 17.5 Å². The van der Waals surface area contributed by atoms with E-state index in [9.17, 15) is 4.79 Å². The van der Waals surface area contributed by atoms with E-state index >= 15 is 0 Å². The van der Waals surface area contributed by atoms with Gasteiger partial charge in [0.1, 0.15) is 12.1 Å². The van der Waals surface area contributed by atoms with Crippen LogP contribution in [0, 0.1) is 0 Å². The molecule has 1 aromatic heterocycles. The highest BCUT2D eigenvalue weighted by molar-refractivity contribution is 7.80. The molecule has 0 fully saturated rings. The van der Waals surface area contributed by atoms with Crippen LogP contribution in [-0.4, -0.2) is 32.6 Å². The molecule has 0 saturated carbocycles. The van der Waals surface area contributed by atoms with Gasteiger partial charge in [0, 0.05) is 6.54 Å². The molecule has 3 aromatic rings. The van der Waals surface area contributed by atoms with Crippen LogP contribution in [-0.2, 0) is 17.8 Å². The third-order valence-corrected chi connectivity index (χ3v) is 3.82. The molecule has 0 aliphatic heterocycles. The lowest BCUT2D eigenvalue weighted by atomic mass is 10.1. The van der Waals surface area contributed by atoms with Crippen LogP contribution in [0.3, 0.4) is 0 Å². The molecule has 0 aliphatic rings. The van der Waals surface area contributed by atoms with Crippen molar-refractivity contribution in [1.29, 1.82) is 0 Å². The van der Waals surface area contributed by atoms with Crippen molar-refractivity contribution in [2.75, 3.05) is 6.54 Å². The summed E-state index contributed by atoms with van der Waals surface area (Å²) in [6.07, 6.45) is 0.849. The maximum absolute atomic E-state index is 12.0. The molecule has 0 radical (unpaired) electrons. The molecule has 25 heavy (non-hydrogen) atoms. The molecule has 3 N–H and O–H groups in total. The van der Waals surface area contributed by atoms with Crippen molar-refractivity contribution in [3.8, 4) is 0 Å². The quantitative estimate of drug-likeness (QED) is 0.471. The normalized spacial score (nSPS) is 10.4. The Morgan fingerprint density at radius 1 is 1.04 bits per heavy atom. The third kappa shape index (κ3) is 4.74. The molecule has 7 nitrogen and oxygen atoms in total. The third-order valence-electron chi connectivity index (χ3n) is 3.57. The first-order chi connectivity index (χ1) is 12.2. The number of amides is 1. The fourth-order valence-corrected chi connectivity index (χ4v) is 2.50. The molecular formula is C17H18N6OS. The number of benzene rings is 2. The number of nitrogens with zero attached hydrogens (tertiary/aromatic N) is 3. The van der Waals surface area contributed by atoms with E-state index in [4.69, 9.17) is 12.2 Å². The maximum Gasteiger partial charge on any atom is 0.260 e.